The molecule has 0 spiro atoms. The molecule has 282 valence electrons. The van der Waals surface area contributed by atoms with Gasteiger partial charge in [-0.05, 0) is 17.4 Å². The molecule has 0 aromatic heterocycles. The second kappa shape index (κ2) is 18.1. The van der Waals surface area contributed by atoms with E-state index in [4.69, 9.17) is 0 Å². The van der Waals surface area contributed by atoms with Gasteiger partial charge in [-0.15, -0.1) is 12.5 Å². The van der Waals surface area contributed by atoms with Gasteiger partial charge in [-0.1, -0.05) is 96.0 Å². The van der Waals surface area contributed by atoms with Gasteiger partial charge in [0, 0.05) is 0 Å². The molecule has 0 heterocycles. The molecule has 0 amide bonds. The largest absolute Gasteiger partial charge is 1.00 e. The molecule has 2 aliphatic carbocycles. The van der Waals surface area contributed by atoms with Crippen LogP contribution in [0.3, 0.4) is 0 Å². The Bertz CT molecular complexity index is 1770. The maximum Gasteiger partial charge on any atom is -0.0733 e. The van der Waals surface area contributed by atoms with Gasteiger partial charge in [0.1, 0.15) is 0 Å². The first-order valence-corrected chi connectivity index (χ1v) is 20.0. The van der Waals surface area contributed by atoms with E-state index in [0.29, 0.717) is 5.92 Å². The van der Waals surface area contributed by atoms with E-state index in [-0.39, 0.29) is 46.5 Å². The fourth-order valence-electron chi connectivity index (χ4n) is 6.42. The zero-order valence-electron chi connectivity index (χ0n) is 35.1. The van der Waals surface area contributed by atoms with E-state index >= 15 is 0 Å². The van der Waals surface area contributed by atoms with Crippen molar-refractivity contribution < 1.29 is 49.0 Å². The Morgan fingerprint density at radius 1 is 0.585 bits per heavy atom. The van der Waals surface area contributed by atoms with Gasteiger partial charge < -0.3 is 24.8 Å². The molecule has 1 atom stereocenters. The third-order valence-electron chi connectivity index (χ3n) is 10.1. The Balaban J connectivity index is 0.000000295. The zero-order valence-corrected chi connectivity index (χ0v) is 39.1. The monoisotopic (exact) mass is 822 g/mol. The van der Waals surface area contributed by atoms with Gasteiger partial charge in [0.2, 0.25) is 0 Å². The summed E-state index contributed by atoms with van der Waals surface area (Å²) in [4.78, 5) is 0. The van der Waals surface area contributed by atoms with E-state index in [9.17, 15) is 0 Å². The second-order valence-corrected chi connectivity index (χ2v) is 20.0. The van der Waals surface area contributed by atoms with Crippen LogP contribution in [0.1, 0.15) is 148 Å². The van der Waals surface area contributed by atoms with E-state index in [2.05, 4.69) is 201 Å². The molecular formula is C50H62Cl2Zr-2. The third kappa shape index (κ3) is 12.3. The predicted molar refractivity (Wildman–Crippen MR) is 220 cm³/mol. The molecule has 0 saturated carbocycles. The molecular weight excluding hydrogens is 763 g/mol. The van der Waals surface area contributed by atoms with Gasteiger partial charge in [-0.2, -0.15) is 35.4 Å². The molecule has 0 fully saturated rings. The van der Waals surface area contributed by atoms with E-state index in [1.807, 2.05) is 0 Å². The molecule has 0 saturated heterocycles. The minimum atomic E-state index is 0. The number of fused-ring (bicyclic) bond motifs is 3. The van der Waals surface area contributed by atoms with Crippen LogP contribution in [-0.4, -0.2) is 3.21 Å². The van der Waals surface area contributed by atoms with Crippen molar-refractivity contribution in [2.24, 2.45) is 5.92 Å². The molecule has 0 aliphatic heterocycles. The summed E-state index contributed by atoms with van der Waals surface area (Å²) < 4.78 is 1.42. The van der Waals surface area contributed by atoms with Gasteiger partial charge in [-0.25, -0.2) is 11.1 Å². The maximum absolute atomic E-state index is 3.53. The third-order valence-corrected chi connectivity index (χ3v) is 11.6. The normalized spacial score (nSPS) is 14.8. The van der Waals surface area contributed by atoms with Gasteiger partial charge in [0.25, 0.3) is 0 Å². The summed E-state index contributed by atoms with van der Waals surface area (Å²) in [6, 6.07) is 33.2. The number of rotatable bonds is 2. The number of benzene rings is 4. The van der Waals surface area contributed by atoms with Crippen molar-refractivity contribution in [2.45, 2.75) is 132 Å². The van der Waals surface area contributed by atoms with Gasteiger partial charge >= 0.3 is 151 Å². The Labute approximate surface area is 351 Å². The molecule has 3 heteroatoms. The van der Waals surface area contributed by atoms with Crippen LogP contribution in [0.5, 0.6) is 0 Å². The molecule has 4 aromatic carbocycles. The summed E-state index contributed by atoms with van der Waals surface area (Å²) in [5.74, 6) is 0.551. The van der Waals surface area contributed by atoms with Crippen molar-refractivity contribution in [3.8, 4) is 11.1 Å². The topological polar surface area (TPSA) is 0 Å². The molecule has 0 radical (unpaired) electrons. The first-order chi connectivity index (χ1) is 23.4. The van der Waals surface area contributed by atoms with Crippen LogP contribution >= 0.6 is 0 Å². The average Bonchev–Trinajstić information content (AvgIpc) is 3.55. The first-order valence-electron chi connectivity index (χ1n) is 18.7. The summed E-state index contributed by atoms with van der Waals surface area (Å²) in [7, 11) is 0. The Morgan fingerprint density at radius 2 is 1.00 bits per heavy atom. The van der Waals surface area contributed by atoms with E-state index in [1.54, 1.807) is 0 Å². The Hall–Kier alpha value is -2.31. The molecule has 4 aromatic rings. The number of hydrogen-bond donors (Lipinski definition) is 0. The van der Waals surface area contributed by atoms with E-state index in [1.165, 1.54) is 94.2 Å². The molecule has 6 rings (SSSR count). The van der Waals surface area contributed by atoms with Crippen LogP contribution in [0.4, 0.5) is 0 Å². The van der Waals surface area contributed by atoms with Crippen LogP contribution in [-0.2, 0) is 52.3 Å². The van der Waals surface area contributed by atoms with Crippen molar-refractivity contribution in [1.29, 1.82) is 0 Å². The summed E-state index contributed by atoms with van der Waals surface area (Å²) in [6.45, 7) is 33.6. The second-order valence-electron chi connectivity index (χ2n) is 18.8. The number of halogens is 2. The minimum Gasteiger partial charge on any atom is -1.00 e. The van der Waals surface area contributed by atoms with Gasteiger partial charge in [0.05, 0.1) is 0 Å². The summed E-state index contributed by atoms with van der Waals surface area (Å²) in [5, 5.41) is 0. The fraction of sp³-hybridized carbons (Fsp3) is 0.420. The Kier molecular flexibility index (Phi) is 16.0. The molecule has 0 N–H and O–H groups in total. The van der Waals surface area contributed by atoms with Crippen LogP contribution in [0.15, 0.2) is 96.1 Å². The van der Waals surface area contributed by atoms with Crippen LogP contribution < -0.4 is 24.8 Å². The van der Waals surface area contributed by atoms with Crippen molar-refractivity contribution in [3.05, 3.63) is 153 Å². The molecule has 2 aliphatic rings. The maximum atomic E-state index is 3.53. The zero-order chi connectivity index (χ0) is 38.1. The quantitative estimate of drug-likeness (QED) is 0.163. The number of allylic oxidation sites excluding steroid dienone is 4. The SMILES string of the molecule is CC(C)(C)c1c[c-]c2c(c1)-c1cc(C(C)(C)C)ccc1C2.CC(C)(C)c1ccc([C](=[Zr+2])c2ccc(C(C)(C)C)cc2)cc1.CC1=[C-]C(C)C=C1C.[Cl-].[Cl-]. The van der Waals surface area contributed by atoms with Crippen LogP contribution in [0.25, 0.3) is 11.1 Å². The van der Waals surface area contributed by atoms with Crippen molar-refractivity contribution in [1.82, 2.24) is 0 Å². The first kappa shape index (κ1) is 46.8. The van der Waals surface area contributed by atoms with Crippen molar-refractivity contribution >= 4 is 3.21 Å². The molecule has 1 unspecified atom stereocenters. The minimum absolute atomic E-state index is 0. The number of hydrogen-bond acceptors (Lipinski definition) is 0. The fourth-order valence-corrected chi connectivity index (χ4v) is 7.24. The summed E-state index contributed by atoms with van der Waals surface area (Å²) in [6.07, 6.45) is 6.55. The Morgan fingerprint density at radius 3 is 1.36 bits per heavy atom. The van der Waals surface area contributed by atoms with Crippen molar-refractivity contribution in [3.63, 3.8) is 0 Å². The predicted octanol–water partition coefficient (Wildman–Crippen LogP) is 7.39. The molecule has 0 nitrogen and oxygen atoms in total. The van der Waals surface area contributed by atoms with Gasteiger partial charge in [-0.3, -0.25) is 6.08 Å². The molecule has 0 bridgehead atoms. The van der Waals surface area contributed by atoms with Crippen LogP contribution in [0.2, 0.25) is 0 Å². The van der Waals surface area contributed by atoms with E-state index < -0.39 is 0 Å². The van der Waals surface area contributed by atoms with Crippen molar-refractivity contribution in [2.75, 3.05) is 0 Å². The molecule has 53 heavy (non-hydrogen) atoms. The standard InChI is InChI=1S/C21H25.C21H26.C8H11.2ClH.Zr/c1-20(2,3)16-9-7-14-11-15-8-10-17(21(4,5)6)13-19(15)18(14)12-16;1-20(2,3)18-11-7-16(8-12-18)15-17-9-13-19(14-10-17)21(4,5)6;1-6-4-7(2)8(3)5-6;;;/h7,9-10,12-13H,11H2,1-6H3;7-14H,1-6H3;4,6H,1-3H3;2*1H;/q-1;;-1;;;+2/p-2. The smallest absolute Gasteiger partial charge is 0.0733 e. The van der Waals surface area contributed by atoms with Gasteiger partial charge in [0.15, 0.2) is 0 Å². The summed E-state index contributed by atoms with van der Waals surface area (Å²) in [5.41, 5.74) is 17.4. The van der Waals surface area contributed by atoms with Crippen LogP contribution in [0, 0.1) is 18.1 Å². The average molecular weight is 825 g/mol. The van der Waals surface area contributed by atoms with E-state index in [0.717, 1.165) is 6.42 Å². The summed E-state index contributed by atoms with van der Waals surface area (Å²) >= 11 is 1.46.